The van der Waals surface area contributed by atoms with Gasteiger partial charge in [0.1, 0.15) is 12.6 Å². The van der Waals surface area contributed by atoms with Gasteiger partial charge in [-0.15, -0.1) is 0 Å². The quantitative estimate of drug-likeness (QED) is 0.669. The smallest absolute Gasteiger partial charge is 0.410 e. The molecule has 1 aromatic carbocycles. The Morgan fingerprint density at radius 2 is 2.05 bits per heavy atom. The molecule has 1 fully saturated rings. The molecule has 0 radical (unpaired) electrons. The lowest BCUT2D eigenvalue weighted by Gasteiger charge is -2.20. The number of hydrogen-bond donors (Lipinski definition) is 1. The van der Waals surface area contributed by atoms with Gasteiger partial charge in [0.2, 0.25) is 0 Å². The molecule has 1 amide bonds. The highest BCUT2D eigenvalue weighted by molar-refractivity contribution is 5.80. The zero-order valence-corrected chi connectivity index (χ0v) is 11.1. The summed E-state index contributed by atoms with van der Waals surface area (Å²) < 4.78 is 5.05. The minimum atomic E-state index is -1.04. The summed E-state index contributed by atoms with van der Waals surface area (Å²) in [7, 11) is 0. The Balaban J connectivity index is 1.91. The van der Waals surface area contributed by atoms with Crippen molar-refractivity contribution in [2.75, 3.05) is 6.54 Å². The first-order valence-corrected chi connectivity index (χ1v) is 6.38. The Bertz CT molecular complexity index is 556. The van der Waals surface area contributed by atoms with Gasteiger partial charge in [-0.2, -0.15) is 0 Å². The molecule has 1 unspecified atom stereocenters. The van der Waals surface area contributed by atoms with E-state index in [0.29, 0.717) is 24.9 Å². The van der Waals surface area contributed by atoms with Crippen molar-refractivity contribution in [3.05, 3.63) is 39.9 Å². The van der Waals surface area contributed by atoms with Gasteiger partial charge in [-0.3, -0.25) is 15.0 Å². The Kier molecular flexibility index (Phi) is 4.36. The van der Waals surface area contributed by atoms with Gasteiger partial charge in [0.05, 0.1) is 4.92 Å². The lowest BCUT2D eigenvalue weighted by Crippen LogP contribution is -2.40. The van der Waals surface area contributed by atoms with Crippen LogP contribution in [0, 0.1) is 10.1 Å². The first-order valence-electron chi connectivity index (χ1n) is 6.38. The zero-order chi connectivity index (χ0) is 15.4. The summed E-state index contributed by atoms with van der Waals surface area (Å²) in [5.74, 6) is -1.04. The van der Waals surface area contributed by atoms with Crippen LogP contribution >= 0.6 is 0 Å². The monoisotopic (exact) mass is 294 g/mol. The van der Waals surface area contributed by atoms with Gasteiger partial charge < -0.3 is 9.84 Å². The van der Waals surface area contributed by atoms with Crippen LogP contribution in [-0.2, 0) is 16.1 Å². The molecule has 21 heavy (non-hydrogen) atoms. The van der Waals surface area contributed by atoms with Crippen LogP contribution in [0.3, 0.4) is 0 Å². The number of carboxylic acids is 1. The number of rotatable bonds is 4. The summed E-state index contributed by atoms with van der Waals surface area (Å²) in [6.45, 7) is 0.301. The zero-order valence-electron chi connectivity index (χ0n) is 11.1. The Labute approximate surface area is 120 Å². The molecule has 1 N–H and O–H groups in total. The molecule has 1 aromatic rings. The molecule has 8 nitrogen and oxygen atoms in total. The van der Waals surface area contributed by atoms with Crippen molar-refractivity contribution in [2.24, 2.45) is 0 Å². The third-order valence-electron chi connectivity index (χ3n) is 3.28. The third kappa shape index (κ3) is 3.47. The van der Waals surface area contributed by atoms with Gasteiger partial charge in [-0.1, -0.05) is 0 Å². The average molecular weight is 294 g/mol. The topological polar surface area (TPSA) is 110 Å². The molecule has 1 aliphatic rings. The van der Waals surface area contributed by atoms with Crippen molar-refractivity contribution < 1.29 is 24.4 Å². The molecule has 1 heterocycles. The van der Waals surface area contributed by atoms with Crippen molar-refractivity contribution in [2.45, 2.75) is 25.5 Å². The van der Waals surface area contributed by atoms with Crippen LogP contribution in [0.1, 0.15) is 18.4 Å². The molecule has 0 aromatic heterocycles. The molecule has 112 valence electrons. The minimum Gasteiger partial charge on any atom is -0.480 e. The number of benzene rings is 1. The lowest BCUT2D eigenvalue weighted by atomic mass is 10.2. The standard InChI is InChI=1S/C13H14N2O6/c16-12(17)11-2-1-7-14(11)13(18)21-8-9-3-5-10(6-4-9)15(19)20/h3-6,11H,1-2,7-8H2,(H,16,17). The van der Waals surface area contributed by atoms with Gasteiger partial charge >= 0.3 is 12.1 Å². The number of carboxylic acid groups (broad SMARTS) is 1. The SMILES string of the molecule is O=C(O)C1CCCN1C(=O)OCc1ccc([N+](=O)[O-])cc1. The van der Waals surface area contributed by atoms with E-state index in [2.05, 4.69) is 0 Å². The predicted octanol–water partition coefficient (Wildman–Crippen LogP) is 1.78. The maximum absolute atomic E-state index is 11.8. The van der Waals surface area contributed by atoms with E-state index in [1.54, 1.807) is 0 Å². The number of hydrogen-bond acceptors (Lipinski definition) is 5. The van der Waals surface area contributed by atoms with Crippen LogP contribution in [0.2, 0.25) is 0 Å². The first-order chi connectivity index (χ1) is 9.99. The van der Waals surface area contributed by atoms with Crippen molar-refractivity contribution in [1.29, 1.82) is 0 Å². The van der Waals surface area contributed by atoms with E-state index in [1.807, 2.05) is 0 Å². The van der Waals surface area contributed by atoms with E-state index in [9.17, 15) is 19.7 Å². The van der Waals surface area contributed by atoms with Crippen LogP contribution in [0.5, 0.6) is 0 Å². The van der Waals surface area contributed by atoms with Crippen molar-refractivity contribution >= 4 is 17.7 Å². The van der Waals surface area contributed by atoms with Crippen LogP contribution in [0.25, 0.3) is 0 Å². The molecule has 0 bridgehead atoms. The fraction of sp³-hybridized carbons (Fsp3) is 0.385. The molecule has 8 heteroatoms. The van der Waals surface area contributed by atoms with Gasteiger partial charge in [0.25, 0.3) is 5.69 Å². The molecule has 1 saturated heterocycles. The highest BCUT2D eigenvalue weighted by Gasteiger charge is 2.34. The number of carbonyl (C=O) groups excluding carboxylic acids is 1. The second-order valence-electron chi connectivity index (χ2n) is 4.67. The van der Waals surface area contributed by atoms with Crippen molar-refractivity contribution in [3.8, 4) is 0 Å². The number of non-ortho nitro benzene ring substituents is 1. The summed E-state index contributed by atoms with van der Waals surface area (Å²) >= 11 is 0. The largest absolute Gasteiger partial charge is 0.480 e. The maximum atomic E-state index is 11.8. The highest BCUT2D eigenvalue weighted by atomic mass is 16.6. The molecule has 2 rings (SSSR count). The molecular weight excluding hydrogens is 280 g/mol. The van der Waals surface area contributed by atoms with Crippen LogP contribution in [-0.4, -0.2) is 39.6 Å². The molecule has 1 aliphatic heterocycles. The Morgan fingerprint density at radius 1 is 1.38 bits per heavy atom. The average Bonchev–Trinajstić information content (AvgIpc) is 2.95. The van der Waals surface area contributed by atoms with E-state index in [-0.39, 0.29) is 12.3 Å². The fourth-order valence-electron chi connectivity index (χ4n) is 2.18. The number of likely N-dealkylation sites (tertiary alicyclic amines) is 1. The highest BCUT2D eigenvalue weighted by Crippen LogP contribution is 2.19. The summed E-state index contributed by atoms with van der Waals surface area (Å²) in [4.78, 5) is 34.0. The van der Waals surface area contributed by atoms with Gasteiger partial charge in [-0.25, -0.2) is 9.59 Å². The molecular formula is C13H14N2O6. The van der Waals surface area contributed by atoms with Gasteiger partial charge in [0.15, 0.2) is 0 Å². The van der Waals surface area contributed by atoms with Crippen LogP contribution in [0.4, 0.5) is 10.5 Å². The second kappa shape index (κ2) is 6.21. The van der Waals surface area contributed by atoms with E-state index in [4.69, 9.17) is 9.84 Å². The van der Waals surface area contributed by atoms with Crippen LogP contribution in [0.15, 0.2) is 24.3 Å². The van der Waals surface area contributed by atoms with E-state index >= 15 is 0 Å². The predicted molar refractivity (Wildman–Crippen MR) is 70.6 cm³/mol. The van der Waals surface area contributed by atoms with Crippen molar-refractivity contribution in [1.82, 2.24) is 4.90 Å². The summed E-state index contributed by atoms with van der Waals surface area (Å²) in [6.07, 6.45) is 0.365. The van der Waals surface area contributed by atoms with Gasteiger partial charge in [-0.05, 0) is 30.5 Å². The normalized spacial score (nSPS) is 17.5. The number of aliphatic carboxylic acids is 1. The van der Waals surface area contributed by atoms with Gasteiger partial charge in [0, 0.05) is 18.7 Å². The molecule has 0 saturated carbocycles. The summed E-state index contributed by atoms with van der Waals surface area (Å²) in [6, 6.07) is 4.78. The molecule has 0 aliphatic carbocycles. The number of nitrogens with zero attached hydrogens (tertiary/aromatic N) is 2. The molecule has 1 atom stereocenters. The number of nitro benzene ring substituents is 1. The number of amides is 1. The van der Waals surface area contributed by atoms with E-state index in [1.165, 1.54) is 29.2 Å². The molecule has 0 spiro atoms. The Hall–Kier alpha value is -2.64. The second-order valence-corrected chi connectivity index (χ2v) is 4.67. The lowest BCUT2D eigenvalue weighted by molar-refractivity contribution is -0.384. The maximum Gasteiger partial charge on any atom is 0.410 e. The third-order valence-corrected chi connectivity index (χ3v) is 3.28. The van der Waals surface area contributed by atoms with E-state index < -0.39 is 23.0 Å². The number of nitro groups is 1. The number of ether oxygens (including phenoxy) is 1. The van der Waals surface area contributed by atoms with Crippen LogP contribution < -0.4 is 0 Å². The fourth-order valence-corrected chi connectivity index (χ4v) is 2.18. The summed E-state index contributed by atoms with van der Waals surface area (Å²) in [5, 5.41) is 19.5. The van der Waals surface area contributed by atoms with E-state index in [0.717, 1.165) is 0 Å². The minimum absolute atomic E-state index is 0.0458. The Morgan fingerprint density at radius 3 is 2.62 bits per heavy atom. The van der Waals surface area contributed by atoms with Crippen molar-refractivity contribution in [3.63, 3.8) is 0 Å². The number of carbonyl (C=O) groups is 2. The summed E-state index contributed by atoms with van der Waals surface area (Å²) in [5.41, 5.74) is 0.551. The first kappa shape index (κ1) is 14.8.